The normalized spacial score (nSPS) is 10.8. The van der Waals surface area contributed by atoms with Gasteiger partial charge in [0.05, 0.1) is 18.1 Å². The molecule has 1 rings (SSSR count). The molecule has 0 radical (unpaired) electrons. The fourth-order valence-corrected chi connectivity index (χ4v) is 2.26. The molecular weight excluding hydrogens is 331 g/mol. The zero-order valence-electron chi connectivity index (χ0n) is 9.55. The topological polar surface area (TPSA) is 39.2 Å². The van der Waals surface area contributed by atoms with Crippen molar-refractivity contribution in [1.82, 2.24) is 4.98 Å². The molecule has 1 aromatic rings. The summed E-state index contributed by atoms with van der Waals surface area (Å²) in [5.41, 5.74) is 0.111. The van der Waals surface area contributed by atoms with E-state index < -0.39 is 18.1 Å². The number of nitrogens with zero attached hydrogens (tertiary/aromatic N) is 1. The van der Waals surface area contributed by atoms with Crippen molar-refractivity contribution in [2.75, 3.05) is 6.61 Å². The zero-order valence-corrected chi connectivity index (χ0v) is 11.9. The highest BCUT2D eigenvalue weighted by atomic mass is 79.9. The number of halogens is 4. The Hall–Kier alpha value is -0.750. The molecule has 3 nitrogen and oxygen atoms in total. The lowest BCUT2D eigenvalue weighted by Gasteiger charge is -2.12. The van der Waals surface area contributed by atoms with E-state index in [4.69, 9.17) is 16.3 Å². The van der Waals surface area contributed by atoms with Crippen molar-refractivity contribution < 1.29 is 18.3 Å². The van der Waals surface area contributed by atoms with Crippen LogP contribution in [0.25, 0.3) is 0 Å². The molecule has 0 atom stereocenters. The first kappa shape index (κ1) is 15.3. The summed E-state index contributed by atoms with van der Waals surface area (Å²) >= 11 is 9.16. The summed E-state index contributed by atoms with van der Waals surface area (Å²) in [6, 6.07) is 0. The Morgan fingerprint density at radius 1 is 1.61 bits per heavy atom. The van der Waals surface area contributed by atoms with E-state index in [0.717, 1.165) is 0 Å². The minimum Gasteiger partial charge on any atom is -0.466 e. The standard InChI is InChI=1S/C11H11BrClF2NO2/c1-2-18-8(17)3-7-9(13)6(4-12)5-16-10(7)11(14)15/h5,11H,2-4H2,1H3. The fourth-order valence-electron chi connectivity index (χ4n) is 1.39. The van der Waals surface area contributed by atoms with Crippen LogP contribution in [0.15, 0.2) is 6.20 Å². The van der Waals surface area contributed by atoms with Gasteiger partial charge in [-0.2, -0.15) is 0 Å². The maximum Gasteiger partial charge on any atom is 0.310 e. The van der Waals surface area contributed by atoms with Gasteiger partial charge in [0.15, 0.2) is 0 Å². The van der Waals surface area contributed by atoms with Crippen molar-refractivity contribution in [3.8, 4) is 0 Å². The van der Waals surface area contributed by atoms with Gasteiger partial charge in [-0.1, -0.05) is 27.5 Å². The highest BCUT2D eigenvalue weighted by Crippen LogP contribution is 2.30. The second-order valence-corrected chi connectivity index (χ2v) is 4.32. The lowest BCUT2D eigenvalue weighted by molar-refractivity contribution is -0.142. The molecule has 0 aliphatic heterocycles. The number of alkyl halides is 3. The molecule has 0 aromatic carbocycles. The number of aromatic nitrogens is 1. The summed E-state index contributed by atoms with van der Waals surface area (Å²) in [5, 5.41) is 0.503. The summed E-state index contributed by atoms with van der Waals surface area (Å²) < 4.78 is 30.3. The molecule has 0 bridgehead atoms. The van der Waals surface area contributed by atoms with Crippen LogP contribution in [0.3, 0.4) is 0 Å². The molecule has 18 heavy (non-hydrogen) atoms. The number of esters is 1. The van der Waals surface area contributed by atoms with Gasteiger partial charge in [-0.3, -0.25) is 9.78 Å². The van der Waals surface area contributed by atoms with Crippen LogP contribution in [0.5, 0.6) is 0 Å². The average Bonchev–Trinajstić information content (AvgIpc) is 2.31. The maximum absolute atomic E-state index is 12.8. The third-order valence-corrected chi connectivity index (χ3v) is 3.27. The van der Waals surface area contributed by atoms with Crippen LogP contribution < -0.4 is 0 Å². The first-order chi connectivity index (χ1) is 8.51. The zero-order chi connectivity index (χ0) is 13.7. The van der Waals surface area contributed by atoms with Crippen LogP contribution in [-0.2, 0) is 21.3 Å². The minimum atomic E-state index is -2.78. The summed E-state index contributed by atoms with van der Waals surface area (Å²) in [6.07, 6.45) is -1.82. The number of carbonyl (C=O) groups excluding carboxylic acids is 1. The van der Waals surface area contributed by atoms with E-state index in [9.17, 15) is 13.6 Å². The smallest absolute Gasteiger partial charge is 0.310 e. The van der Waals surface area contributed by atoms with Crippen molar-refractivity contribution in [3.63, 3.8) is 0 Å². The molecular formula is C11H11BrClF2NO2. The molecule has 0 fully saturated rings. The van der Waals surface area contributed by atoms with Gasteiger partial charge in [0.2, 0.25) is 0 Å². The average molecular weight is 343 g/mol. The van der Waals surface area contributed by atoms with E-state index in [1.54, 1.807) is 6.92 Å². The number of rotatable bonds is 5. The molecule has 0 saturated carbocycles. The van der Waals surface area contributed by atoms with Gasteiger partial charge in [-0.25, -0.2) is 8.78 Å². The Bertz CT molecular complexity index is 443. The number of pyridine rings is 1. The molecule has 0 amide bonds. The Labute approximate surface area is 117 Å². The Balaban J connectivity index is 3.15. The van der Waals surface area contributed by atoms with E-state index in [1.165, 1.54) is 6.20 Å². The van der Waals surface area contributed by atoms with Crippen molar-refractivity contribution in [2.24, 2.45) is 0 Å². The Morgan fingerprint density at radius 2 is 2.28 bits per heavy atom. The van der Waals surface area contributed by atoms with E-state index in [0.29, 0.717) is 10.9 Å². The first-order valence-corrected chi connectivity index (χ1v) is 6.67. The van der Waals surface area contributed by atoms with Crippen molar-refractivity contribution >= 4 is 33.5 Å². The van der Waals surface area contributed by atoms with Gasteiger partial charge in [0.1, 0.15) is 5.69 Å². The lowest BCUT2D eigenvalue weighted by Crippen LogP contribution is -2.12. The molecule has 0 spiro atoms. The van der Waals surface area contributed by atoms with E-state index in [1.807, 2.05) is 0 Å². The van der Waals surface area contributed by atoms with Crippen LogP contribution in [0.4, 0.5) is 8.78 Å². The predicted octanol–water partition coefficient (Wildman–Crippen LogP) is 3.67. The van der Waals surface area contributed by atoms with Crippen LogP contribution in [0.2, 0.25) is 5.02 Å². The second-order valence-electron chi connectivity index (χ2n) is 3.38. The first-order valence-electron chi connectivity index (χ1n) is 5.17. The van der Waals surface area contributed by atoms with Crippen molar-refractivity contribution in [1.29, 1.82) is 0 Å². The largest absolute Gasteiger partial charge is 0.466 e. The summed E-state index contributed by atoms with van der Waals surface area (Å²) in [7, 11) is 0. The van der Waals surface area contributed by atoms with E-state index >= 15 is 0 Å². The number of ether oxygens (including phenoxy) is 1. The van der Waals surface area contributed by atoms with Crippen molar-refractivity contribution in [3.05, 3.63) is 28.0 Å². The number of hydrogen-bond donors (Lipinski definition) is 0. The van der Waals surface area contributed by atoms with Crippen LogP contribution >= 0.6 is 27.5 Å². The number of hydrogen-bond acceptors (Lipinski definition) is 3. The Morgan fingerprint density at radius 3 is 2.78 bits per heavy atom. The molecule has 0 saturated heterocycles. The molecule has 0 aliphatic rings. The van der Waals surface area contributed by atoms with E-state index in [2.05, 4.69) is 20.9 Å². The lowest BCUT2D eigenvalue weighted by atomic mass is 10.1. The molecule has 0 aliphatic carbocycles. The van der Waals surface area contributed by atoms with Gasteiger partial charge < -0.3 is 4.74 Å². The second kappa shape index (κ2) is 6.99. The van der Waals surface area contributed by atoms with Gasteiger partial charge in [-0.15, -0.1) is 0 Å². The predicted molar refractivity (Wildman–Crippen MR) is 67.2 cm³/mol. The third kappa shape index (κ3) is 3.62. The van der Waals surface area contributed by atoms with Gasteiger partial charge in [0.25, 0.3) is 6.43 Å². The Kier molecular flexibility index (Phi) is 5.95. The van der Waals surface area contributed by atoms with Gasteiger partial charge in [0, 0.05) is 17.1 Å². The quantitative estimate of drug-likeness (QED) is 0.605. The molecule has 1 heterocycles. The molecule has 0 N–H and O–H groups in total. The minimum absolute atomic E-state index is 0.0297. The summed E-state index contributed by atoms with van der Waals surface area (Å²) in [4.78, 5) is 15.0. The highest BCUT2D eigenvalue weighted by molar-refractivity contribution is 9.08. The molecule has 0 unspecified atom stereocenters. The molecule has 1 aromatic heterocycles. The summed E-state index contributed by atoms with van der Waals surface area (Å²) in [5.74, 6) is -0.602. The molecule has 100 valence electrons. The van der Waals surface area contributed by atoms with Crippen molar-refractivity contribution in [2.45, 2.75) is 25.1 Å². The fraction of sp³-hybridized carbons (Fsp3) is 0.455. The monoisotopic (exact) mass is 341 g/mol. The van der Waals surface area contributed by atoms with Gasteiger partial charge >= 0.3 is 5.97 Å². The number of carbonyl (C=O) groups is 1. The van der Waals surface area contributed by atoms with Crippen LogP contribution in [0, 0.1) is 0 Å². The highest BCUT2D eigenvalue weighted by Gasteiger charge is 2.22. The SMILES string of the molecule is CCOC(=O)Cc1c(C(F)F)ncc(CBr)c1Cl. The van der Waals surface area contributed by atoms with Crippen LogP contribution in [0.1, 0.15) is 30.2 Å². The maximum atomic E-state index is 12.8. The van der Waals surface area contributed by atoms with E-state index in [-0.39, 0.29) is 23.6 Å². The summed E-state index contributed by atoms with van der Waals surface area (Å²) in [6.45, 7) is 1.83. The molecule has 7 heteroatoms. The third-order valence-electron chi connectivity index (χ3n) is 2.19. The van der Waals surface area contributed by atoms with Crippen LogP contribution in [-0.4, -0.2) is 17.6 Å². The van der Waals surface area contributed by atoms with Gasteiger partial charge in [-0.05, 0) is 12.5 Å².